The lowest BCUT2D eigenvalue weighted by molar-refractivity contribution is 0.838. The van der Waals surface area contributed by atoms with Crippen molar-refractivity contribution in [2.45, 2.75) is 20.3 Å². The molecule has 0 fully saturated rings. The van der Waals surface area contributed by atoms with Crippen molar-refractivity contribution in [3.63, 3.8) is 0 Å². The van der Waals surface area contributed by atoms with Gasteiger partial charge in [-0.1, -0.05) is 12.1 Å². The molecule has 0 aliphatic rings. The molecule has 23 heavy (non-hydrogen) atoms. The maximum absolute atomic E-state index is 9.00. The van der Waals surface area contributed by atoms with Gasteiger partial charge in [-0.2, -0.15) is 10.2 Å². The van der Waals surface area contributed by atoms with Gasteiger partial charge in [0, 0.05) is 31.3 Å². The quantitative estimate of drug-likeness (QED) is 0.791. The Kier molecular flexibility index (Phi) is 5.70. The first-order valence-electron chi connectivity index (χ1n) is 7.71. The first-order chi connectivity index (χ1) is 11.2. The van der Waals surface area contributed by atoms with E-state index in [1.165, 1.54) is 0 Å². The zero-order valence-corrected chi connectivity index (χ0v) is 13.6. The molecule has 2 rings (SSSR count). The molecular formula is C18H21N5. The predicted octanol–water partition coefficient (Wildman–Crippen LogP) is 3.67. The third kappa shape index (κ3) is 4.30. The van der Waals surface area contributed by atoms with E-state index in [2.05, 4.69) is 46.7 Å². The van der Waals surface area contributed by atoms with Crippen LogP contribution in [0.4, 0.5) is 17.5 Å². The Morgan fingerprint density at radius 2 is 2.04 bits per heavy atom. The minimum absolute atomic E-state index is 0.529. The standard InChI is InChI=1S/C18H21N5/c1-4-8-15-12-17(23(5-2)6-3)22-18(20-15)21-16-10-7-9-14(11-16)13-19/h4,7,9-12H,1,5-6,8H2,2-3H3,(H,20,21,22). The molecule has 1 aromatic heterocycles. The number of hydrogen-bond donors (Lipinski definition) is 1. The SMILES string of the molecule is C=CCc1cc(N(CC)CC)nc(Nc2cccc(C#N)c2)n1. The lowest BCUT2D eigenvalue weighted by atomic mass is 10.2. The van der Waals surface area contributed by atoms with Crippen LogP contribution in [0.15, 0.2) is 43.0 Å². The van der Waals surface area contributed by atoms with Crippen LogP contribution in [0.25, 0.3) is 0 Å². The number of aromatic nitrogens is 2. The highest BCUT2D eigenvalue weighted by molar-refractivity contribution is 5.58. The Hall–Kier alpha value is -2.87. The van der Waals surface area contributed by atoms with Crippen molar-refractivity contribution in [2.24, 2.45) is 0 Å². The van der Waals surface area contributed by atoms with E-state index in [4.69, 9.17) is 5.26 Å². The number of anilines is 3. The minimum atomic E-state index is 0.529. The van der Waals surface area contributed by atoms with Crippen molar-refractivity contribution in [1.29, 1.82) is 5.26 Å². The maximum atomic E-state index is 9.00. The molecule has 5 heteroatoms. The summed E-state index contributed by atoms with van der Waals surface area (Å²) in [5.74, 6) is 1.42. The molecule has 0 radical (unpaired) electrons. The van der Waals surface area contributed by atoms with E-state index in [0.29, 0.717) is 17.9 Å². The van der Waals surface area contributed by atoms with Gasteiger partial charge in [0.1, 0.15) is 5.82 Å². The van der Waals surface area contributed by atoms with Gasteiger partial charge in [0.05, 0.1) is 17.3 Å². The summed E-state index contributed by atoms with van der Waals surface area (Å²) < 4.78 is 0. The van der Waals surface area contributed by atoms with Gasteiger partial charge in [0.25, 0.3) is 0 Å². The molecule has 0 aliphatic heterocycles. The van der Waals surface area contributed by atoms with Gasteiger partial charge in [-0.05, 0) is 32.0 Å². The molecule has 0 saturated heterocycles. The van der Waals surface area contributed by atoms with Crippen LogP contribution in [0, 0.1) is 11.3 Å². The molecule has 0 aliphatic carbocycles. The number of allylic oxidation sites excluding steroid dienone is 1. The molecule has 2 aromatic rings. The zero-order valence-electron chi connectivity index (χ0n) is 13.6. The summed E-state index contributed by atoms with van der Waals surface area (Å²) in [6.45, 7) is 9.73. The van der Waals surface area contributed by atoms with Crippen LogP contribution in [-0.2, 0) is 6.42 Å². The van der Waals surface area contributed by atoms with E-state index in [-0.39, 0.29) is 0 Å². The third-order valence-corrected chi connectivity index (χ3v) is 3.45. The summed E-state index contributed by atoms with van der Waals surface area (Å²) in [6, 6.07) is 11.4. The molecule has 118 valence electrons. The van der Waals surface area contributed by atoms with Gasteiger partial charge in [-0.15, -0.1) is 6.58 Å². The fourth-order valence-electron chi connectivity index (χ4n) is 2.30. The normalized spacial score (nSPS) is 9.96. The monoisotopic (exact) mass is 307 g/mol. The van der Waals surface area contributed by atoms with Crippen LogP contribution < -0.4 is 10.2 Å². The second-order valence-electron chi connectivity index (χ2n) is 5.02. The number of nitrogens with one attached hydrogen (secondary N) is 1. The van der Waals surface area contributed by atoms with Crippen LogP contribution in [-0.4, -0.2) is 23.1 Å². The Morgan fingerprint density at radius 1 is 1.26 bits per heavy atom. The summed E-state index contributed by atoms with van der Waals surface area (Å²) in [4.78, 5) is 11.3. The molecule has 0 amide bonds. The summed E-state index contributed by atoms with van der Waals surface area (Å²) in [5, 5.41) is 12.2. The van der Waals surface area contributed by atoms with Gasteiger partial charge in [-0.25, -0.2) is 4.98 Å². The third-order valence-electron chi connectivity index (χ3n) is 3.45. The number of hydrogen-bond acceptors (Lipinski definition) is 5. The van der Waals surface area contributed by atoms with E-state index in [0.717, 1.165) is 30.3 Å². The van der Waals surface area contributed by atoms with E-state index in [1.54, 1.807) is 12.1 Å². The highest BCUT2D eigenvalue weighted by Gasteiger charge is 2.09. The zero-order chi connectivity index (χ0) is 16.7. The second-order valence-corrected chi connectivity index (χ2v) is 5.02. The Labute approximate surface area is 137 Å². The van der Waals surface area contributed by atoms with Gasteiger partial charge in [-0.3, -0.25) is 0 Å². The summed E-state index contributed by atoms with van der Waals surface area (Å²) in [7, 11) is 0. The molecule has 1 heterocycles. The molecule has 0 spiro atoms. The highest BCUT2D eigenvalue weighted by atomic mass is 15.2. The molecule has 0 bridgehead atoms. The Balaban J connectivity index is 2.36. The van der Waals surface area contributed by atoms with Crippen molar-refractivity contribution >= 4 is 17.5 Å². The fraction of sp³-hybridized carbons (Fsp3) is 0.278. The Morgan fingerprint density at radius 3 is 2.70 bits per heavy atom. The van der Waals surface area contributed by atoms with Gasteiger partial charge < -0.3 is 10.2 Å². The van der Waals surface area contributed by atoms with Gasteiger partial charge in [0.15, 0.2) is 0 Å². The topological polar surface area (TPSA) is 64.8 Å². The number of nitriles is 1. The van der Waals surface area contributed by atoms with Crippen LogP contribution in [0.1, 0.15) is 25.1 Å². The predicted molar refractivity (Wildman–Crippen MR) is 93.9 cm³/mol. The lowest BCUT2D eigenvalue weighted by Crippen LogP contribution is -2.23. The maximum Gasteiger partial charge on any atom is 0.229 e. The van der Waals surface area contributed by atoms with Crippen LogP contribution in [0.3, 0.4) is 0 Å². The van der Waals surface area contributed by atoms with E-state index >= 15 is 0 Å². The van der Waals surface area contributed by atoms with Crippen molar-refractivity contribution < 1.29 is 0 Å². The molecule has 0 saturated carbocycles. The molecular weight excluding hydrogens is 286 g/mol. The van der Waals surface area contributed by atoms with E-state index < -0.39 is 0 Å². The first kappa shape index (κ1) is 16.5. The highest BCUT2D eigenvalue weighted by Crippen LogP contribution is 2.19. The largest absolute Gasteiger partial charge is 0.357 e. The van der Waals surface area contributed by atoms with Crippen molar-refractivity contribution in [3.8, 4) is 6.07 Å². The number of rotatable bonds is 7. The summed E-state index contributed by atoms with van der Waals surface area (Å²) in [5.41, 5.74) is 2.31. The molecule has 1 N–H and O–H groups in total. The average molecular weight is 307 g/mol. The van der Waals surface area contributed by atoms with E-state index in [9.17, 15) is 0 Å². The Bertz CT molecular complexity index is 714. The molecule has 5 nitrogen and oxygen atoms in total. The molecule has 0 unspecified atom stereocenters. The average Bonchev–Trinajstić information content (AvgIpc) is 2.56. The van der Waals surface area contributed by atoms with Crippen LogP contribution >= 0.6 is 0 Å². The lowest BCUT2D eigenvalue weighted by Gasteiger charge is -2.21. The van der Waals surface area contributed by atoms with Crippen molar-refractivity contribution in [3.05, 3.63) is 54.2 Å². The summed E-state index contributed by atoms with van der Waals surface area (Å²) >= 11 is 0. The molecule has 0 atom stereocenters. The number of benzene rings is 1. The minimum Gasteiger partial charge on any atom is -0.357 e. The first-order valence-corrected chi connectivity index (χ1v) is 7.71. The fourth-order valence-corrected chi connectivity index (χ4v) is 2.30. The molecule has 1 aromatic carbocycles. The smallest absolute Gasteiger partial charge is 0.229 e. The van der Waals surface area contributed by atoms with Crippen molar-refractivity contribution in [2.75, 3.05) is 23.3 Å². The second kappa shape index (κ2) is 7.95. The van der Waals surface area contributed by atoms with Gasteiger partial charge in [0.2, 0.25) is 5.95 Å². The van der Waals surface area contributed by atoms with Crippen molar-refractivity contribution in [1.82, 2.24) is 9.97 Å². The van der Waals surface area contributed by atoms with E-state index in [1.807, 2.05) is 24.3 Å². The van der Waals surface area contributed by atoms with Gasteiger partial charge >= 0.3 is 0 Å². The van der Waals surface area contributed by atoms with Crippen LogP contribution in [0.5, 0.6) is 0 Å². The summed E-state index contributed by atoms with van der Waals surface area (Å²) in [6.07, 6.45) is 2.51. The van der Waals surface area contributed by atoms with Crippen LogP contribution in [0.2, 0.25) is 0 Å². The number of nitrogens with zero attached hydrogens (tertiary/aromatic N) is 4.